The Morgan fingerprint density at radius 2 is 1.83 bits per heavy atom. The molecule has 1 aliphatic rings. The molecule has 0 aromatic carbocycles. The van der Waals surface area contributed by atoms with Gasteiger partial charge in [-0.25, -0.2) is 22.9 Å². The Balaban J connectivity index is 2.40. The minimum Gasteiger partial charge on any atom is -0.386 e. The fourth-order valence-electron chi connectivity index (χ4n) is 3.14. The second-order valence-corrected chi connectivity index (χ2v) is 11.4. The van der Waals surface area contributed by atoms with Gasteiger partial charge in [0.25, 0.3) is 5.56 Å². The van der Waals surface area contributed by atoms with Gasteiger partial charge < -0.3 is 34.5 Å². The van der Waals surface area contributed by atoms with E-state index in [-0.39, 0.29) is 5.69 Å². The molecule has 2 heterocycles. The van der Waals surface area contributed by atoms with E-state index in [4.69, 9.17) is 14.5 Å². The highest BCUT2D eigenvalue weighted by molar-refractivity contribution is 7.66. The highest BCUT2D eigenvalue weighted by Crippen LogP contribution is 2.66. The van der Waals surface area contributed by atoms with Crippen LogP contribution in [0.2, 0.25) is 0 Å². The standard InChI is InChI=1S/C14H20FN2O15P3/c1-7-6-9(18)16-13(20)17(7)12-14(21,4-3-5-15)11(19)10(29-12)8(2)30-34(25,26)32-35(27,28)31-33(22,23)24/h6,8,10-12,19,21H,5H2,1-2H3,(H,25,26)(H,27,28)(H,16,18,20)(H2,22,23,24)/t8-,10?,11+,12-,14?/m1/s1. The summed E-state index contributed by atoms with van der Waals surface area (Å²) in [6.07, 6.45) is -7.81. The molecule has 0 amide bonds. The summed E-state index contributed by atoms with van der Waals surface area (Å²) in [7, 11) is -17.2. The third kappa shape index (κ3) is 7.25. The van der Waals surface area contributed by atoms with E-state index in [9.17, 15) is 47.7 Å². The highest BCUT2D eigenvalue weighted by Gasteiger charge is 2.59. The van der Waals surface area contributed by atoms with Gasteiger partial charge in [-0.05, 0) is 13.8 Å². The van der Waals surface area contributed by atoms with Gasteiger partial charge in [0.1, 0.15) is 18.9 Å². The number of alkyl halides is 1. The minimum atomic E-state index is -5.85. The van der Waals surface area contributed by atoms with Crippen LogP contribution < -0.4 is 11.2 Å². The second kappa shape index (κ2) is 10.4. The zero-order chi connectivity index (χ0) is 27.0. The van der Waals surface area contributed by atoms with Gasteiger partial charge >= 0.3 is 29.2 Å². The first-order chi connectivity index (χ1) is 15.8. The van der Waals surface area contributed by atoms with E-state index >= 15 is 0 Å². The number of aryl methyl sites for hydroxylation is 1. The summed E-state index contributed by atoms with van der Waals surface area (Å²) in [4.78, 5) is 61.8. The van der Waals surface area contributed by atoms with E-state index in [1.54, 1.807) is 0 Å². The number of phosphoric acid groups is 3. The van der Waals surface area contributed by atoms with Gasteiger partial charge in [-0.15, -0.1) is 0 Å². The van der Waals surface area contributed by atoms with Crippen LogP contribution in [0.3, 0.4) is 0 Å². The Morgan fingerprint density at radius 3 is 2.34 bits per heavy atom. The summed E-state index contributed by atoms with van der Waals surface area (Å²) in [6.45, 7) is 0.876. The topological polar surface area (TPSA) is 264 Å². The van der Waals surface area contributed by atoms with E-state index < -0.39 is 71.5 Å². The van der Waals surface area contributed by atoms with Crippen LogP contribution in [-0.4, -0.2) is 69.9 Å². The molecule has 0 saturated carbocycles. The molecule has 1 saturated heterocycles. The normalized spacial score (nSPS) is 29.0. The number of hydrogen-bond donors (Lipinski definition) is 7. The Morgan fingerprint density at radius 1 is 1.23 bits per heavy atom. The molecule has 1 aromatic rings. The van der Waals surface area contributed by atoms with Crippen LogP contribution in [-0.2, 0) is 31.6 Å². The summed E-state index contributed by atoms with van der Waals surface area (Å²) in [6, 6.07) is 0.920. The predicted molar refractivity (Wildman–Crippen MR) is 109 cm³/mol. The molecule has 17 nitrogen and oxygen atoms in total. The van der Waals surface area contributed by atoms with Crippen molar-refractivity contribution in [3.63, 3.8) is 0 Å². The zero-order valence-corrected chi connectivity index (χ0v) is 20.3. The largest absolute Gasteiger partial charge is 0.490 e. The fourth-order valence-corrected chi connectivity index (χ4v) is 6.34. The number of halogens is 1. The Bertz CT molecular complexity index is 1280. The first-order valence-electron chi connectivity index (χ1n) is 9.08. The van der Waals surface area contributed by atoms with Crippen LogP contribution >= 0.6 is 23.5 Å². The van der Waals surface area contributed by atoms with E-state index in [1.165, 1.54) is 6.92 Å². The number of rotatable bonds is 8. The number of ether oxygens (including phenoxy) is 1. The molecule has 0 spiro atoms. The summed E-state index contributed by atoms with van der Waals surface area (Å²) in [5, 5.41) is 21.6. The quantitative estimate of drug-likeness (QED) is 0.140. The van der Waals surface area contributed by atoms with Crippen molar-refractivity contribution in [1.82, 2.24) is 9.55 Å². The van der Waals surface area contributed by atoms with Crippen LogP contribution in [0.4, 0.5) is 4.39 Å². The SMILES string of the molecule is Cc1cc(=O)[nH]c(=O)n1[C@@H]1OC([C@@H](C)OP(=O)(O)OP(=O)(O)OP(=O)(O)O)[C@H](O)C1(O)C#CCF. The molecule has 1 fully saturated rings. The maximum atomic E-state index is 12.7. The number of aromatic amines is 1. The zero-order valence-electron chi connectivity index (χ0n) is 17.6. The Hall–Kier alpha value is -1.54. The molecule has 7 N–H and O–H groups in total. The van der Waals surface area contributed by atoms with Gasteiger partial charge in [-0.1, -0.05) is 11.8 Å². The number of aliphatic hydroxyl groups is 2. The fraction of sp³-hybridized carbons (Fsp3) is 0.571. The molecule has 0 radical (unpaired) electrons. The summed E-state index contributed by atoms with van der Waals surface area (Å²) in [5.74, 6) is 3.83. The van der Waals surface area contributed by atoms with Crippen LogP contribution in [0.25, 0.3) is 0 Å². The van der Waals surface area contributed by atoms with Crippen LogP contribution in [0.1, 0.15) is 18.8 Å². The highest BCUT2D eigenvalue weighted by atomic mass is 31.3. The van der Waals surface area contributed by atoms with Crippen molar-refractivity contribution >= 4 is 23.5 Å². The van der Waals surface area contributed by atoms with Gasteiger partial charge in [-0.2, -0.15) is 8.62 Å². The molecule has 21 heteroatoms. The molecule has 4 unspecified atom stereocenters. The number of aromatic nitrogens is 2. The maximum absolute atomic E-state index is 12.7. The van der Waals surface area contributed by atoms with Crippen molar-refractivity contribution in [2.75, 3.05) is 6.67 Å². The molecule has 0 aliphatic carbocycles. The monoisotopic (exact) mass is 568 g/mol. The van der Waals surface area contributed by atoms with Gasteiger partial charge in [0.2, 0.25) is 0 Å². The molecule has 7 atom stereocenters. The van der Waals surface area contributed by atoms with Gasteiger partial charge in [0, 0.05) is 11.8 Å². The van der Waals surface area contributed by atoms with Crippen LogP contribution in [0.15, 0.2) is 15.7 Å². The minimum absolute atomic E-state index is 0.0994. The van der Waals surface area contributed by atoms with Crippen molar-refractivity contribution in [2.24, 2.45) is 0 Å². The molecule has 1 aliphatic heterocycles. The molecule has 35 heavy (non-hydrogen) atoms. The predicted octanol–water partition coefficient (Wildman–Crippen LogP) is -1.46. The first kappa shape index (κ1) is 29.7. The van der Waals surface area contributed by atoms with Crippen molar-refractivity contribution < 1.29 is 65.8 Å². The third-order valence-corrected chi connectivity index (χ3v) is 8.29. The number of phosphoric ester groups is 1. The number of hydrogen-bond acceptors (Lipinski definition) is 11. The van der Waals surface area contributed by atoms with Crippen molar-refractivity contribution in [3.05, 3.63) is 32.6 Å². The molecule has 2 rings (SSSR count). The molecule has 198 valence electrons. The summed E-state index contributed by atoms with van der Waals surface area (Å²) < 4.78 is 64.8. The number of aliphatic hydroxyl groups excluding tert-OH is 1. The van der Waals surface area contributed by atoms with Crippen molar-refractivity contribution in [2.45, 2.75) is 44.0 Å². The lowest BCUT2D eigenvalue weighted by Gasteiger charge is -2.28. The Labute approximate surface area is 194 Å². The number of nitrogens with zero attached hydrogens (tertiary/aromatic N) is 1. The average molecular weight is 568 g/mol. The number of nitrogens with one attached hydrogen (secondary N) is 1. The first-order valence-corrected chi connectivity index (χ1v) is 13.6. The lowest BCUT2D eigenvalue weighted by Crippen LogP contribution is -2.49. The van der Waals surface area contributed by atoms with E-state index in [0.717, 1.165) is 13.0 Å². The van der Waals surface area contributed by atoms with Crippen LogP contribution in [0.5, 0.6) is 0 Å². The van der Waals surface area contributed by atoms with E-state index in [0.29, 0.717) is 4.57 Å². The second-order valence-electron chi connectivity index (χ2n) is 7.01. The molecular weight excluding hydrogens is 548 g/mol. The van der Waals surface area contributed by atoms with Crippen molar-refractivity contribution in [1.29, 1.82) is 0 Å². The summed E-state index contributed by atoms with van der Waals surface area (Å²) in [5.41, 5.74) is -4.80. The number of H-pyrrole nitrogens is 1. The lowest BCUT2D eigenvalue weighted by atomic mass is 9.92. The van der Waals surface area contributed by atoms with E-state index in [2.05, 4.69) is 13.1 Å². The average Bonchev–Trinajstić information content (AvgIpc) is 2.88. The lowest BCUT2D eigenvalue weighted by molar-refractivity contribution is -0.0878. The van der Waals surface area contributed by atoms with Gasteiger partial charge in [0.15, 0.2) is 11.8 Å². The molecular formula is C14H20FN2O15P3. The van der Waals surface area contributed by atoms with Crippen LogP contribution in [0, 0.1) is 18.8 Å². The van der Waals surface area contributed by atoms with Gasteiger partial charge in [-0.3, -0.25) is 18.9 Å². The van der Waals surface area contributed by atoms with E-state index in [1.807, 2.05) is 16.8 Å². The van der Waals surface area contributed by atoms with Gasteiger partial charge in [0.05, 0.1) is 6.10 Å². The third-order valence-electron chi connectivity index (χ3n) is 4.36. The molecule has 0 bridgehead atoms. The smallest absolute Gasteiger partial charge is 0.386 e. The Kier molecular flexibility index (Phi) is 8.86. The van der Waals surface area contributed by atoms with Crippen molar-refractivity contribution in [3.8, 4) is 11.8 Å². The summed E-state index contributed by atoms with van der Waals surface area (Å²) >= 11 is 0. The molecule has 1 aromatic heterocycles. The maximum Gasteiger partial charge on any atom is 0.490 e.